The maximum atomic E-state index is 12.5. The smallest absolute Gasteiger partial charge is 0.331 e. The van der Waals surface area contributed by atoms with Crippen molar-refractivity contribution in [2.75, 3.05) is 52.9 Å². The number of nitrogens with one attached hydrogen (secondary N) is 2. The van der Waals surface area contributed by atoms with E-state index in [-0.39, 0.29) is 52.9 Å². The van der Waals surface area contributed by atoms with E-state index in [4.69, 9.17) is 28.4 Å². The molecular weight excluding hydrogens is 524 g/mol. The Balaban J connectivity index is 1.53. The average Bonchev–Trinajstić information content (AvgIpc) is 2.96. The number of ether oxygens (including phenoxy) is 6. The zero-order valence-electron chi connectivity index (χ0n) is 22.1. The van der Waals surface area contributed by atoms with Crippen LogP contribution in [-0.4, -0.2) is 88.7 Å². The first-order valence-corrected chi connectivity index (χ1v) is 12.8. The number of cyclic esters (lactones) is 2. The van der Waals surface area contributed by atoms with Crippen molar-refractivity contribution in [3.8, 4) is 0 Å². The topological polar surface area (TPSA) is 148 Å². The number of esters is 2. The van der Waals surface area contributed by atoms with Gasteiger partial charge in [-0.25, -0.2) is 9.59 Å². The lowest BCUT2D eigenvalue weighted by Crippen LogP contribution is -2.48. The second-order valence-electron chi connectivity index (χ2n) is 8.68. The predicted octanol–water partition coefficient (Wildman–Crippen LogP) is 0.523. The van der Waals surface area contributed by atoms with Gasteiger partial charge in [0.25, 0.3) is 0 Å². The molecule has 1 aliphatic rings. The van der Waals surface area contributed by atoms with Crippen LogP contribution in [0.5, 0.6) is 0 Å². The van der Waals surface area contributed by atoms with Gasteiger partial charge in [0, 0.05) is 0 Å². The van der Waals surface area contributed by atoms with E-state index in [9.17, 15) is 19.2 Å². The van der Waals surface area contributed by atoms with Gasteiger partial charge in [-0.2, -0.15) is 0 Å². The maximum absolute atomic E-state index is 12.5. The summed E-state index contributed by atoms with van der Waals surface area (Å²) in [6.45, 7) is -0.929. The number of carbonyl (C=O) groups is 4. The van der Waals surface area contributed by atoms with E-state index in [2.05, 4.69) is 10.6 Å². The Morgan fingerprint density at radius 1 is 0.600 bits per heavy atom. The van der Waals surface area contributed by atoms with Crippen molar-refractivity contribution >= 4 is 23.8 Å². The molecule has 0 unspecified atom stereocenters. The normalized spacial score (nSPS) is 20.3. The molecule has 1 aliphatic heterocycles. The van der Waals surface area contributed by atoms with Gasteiger partial charge in [-0.3, -0.25) is 9.59 Å². The Labute approximate surface area is 232 Å². The molecule has 0 aliphatic carbocycles. The van der Waals surface area contributed by atoms with E-state index in [1.807, 2.05) is 60.7 Å². The molecule has 0 spiro atoms. The maximum Gasteiger partial charge on any atom is 0.331 e. The fourth-order valence-corrected chi connectivity index (χ4v) is 3.49. The molecular formula is C28H34N2O10. The summed E-state index contributed by atoms with van der Waals surface area (Å²) >= 11 is 0. The summed E-state index contributed by atoms with van der Waals surface area (Å²) in [4.78, 5) is 49.9. The average molecular weight is 559 g/mol. The monoisotopic (exact) mass is 558 g/mol. The molecule has 0 aromatic heterocycles. The summed E-state index contributed by atoms with van der Waals surface area (Å²) in [5, 5.41) is 5.00. The van der Waals surface area contributed by atoms with Crippen LogP contribution in [0.4, 0.5) is 0 Å². The van der Waals surface area contributed by atoms with E-state index in [1.54, 1.807) is 0 Å². The first-order chi connectivity index (χ1) is 19.5. The molecule has 2 N–H and O–H groups in total. The van der Waals surface area contributed by atoms with Crippen LogP contribution in [-0.2, 0) is 60.8 Å². The third-order valence-electron chi connectivity index (χ3n) is 5.44. The molecule has 0 bridgehead atoms. The van der Waals surface area contributed by atoms with E-state index in [0.717, 1.165) is 11.1 Å². The van der Waals surface area contributed by atoms with Gasteiger partial charge in [-0.1, -0.05) is 60.7 Å². The van der Waals surface area contributed by atoms with Crippen LogP contribution in [0.2, 0.25) is 0 Å². The van der Waals surface area contributed by atoms with Gasteiger partial charge >= 0.3 is 11.9 Å². The molecule has 3 rings (SSSR count). The molecule has 216 valence electrons. The Hall–Kier alpha value is -3.84. The summed E-state index contributed by atoms with van der Waals surface area (Å²) < 4.78 is 32.1. The fourth-order valence-electron chi connectivity index (χ4n) is 3.49. The molecule has 12 heteroatoms. The third kappa shape index (κ3) is 11.9. The molecule has 2 aromatic rings. The van der Waals surface area contributed by atoms with Gasteiger partial charge in [-0.15, -0.1) is 0 Å². The fraction of sp³-hybridized carbons (Fsp3) is 0.429. The van der Waals surface area contributed by atoms with Crippen LogP contribution < -0.4 is 10.6 Å². The van der Waals surface area contributed by atoms with Crippen molar-refractivity contribution in [1.29, 1.82) is 0 Å². The molecule has 0 radical (unpaired) electrons. The first-order valence-electron chi connectivity index (χ1n) is 12.8. The highest BCUT2D eigenvalue weighted by Gasteiger charge is 2.25. The van der Waals surface area contributed by atoms with Crippen LogP contribution in [0.15, 0.2) is 60.7 Å². The van der Waals surface area contributed by atoms with Crippen molar-refractivity contribution in [3.05, 3.63) is 71.8 Å². The van der Waals surface area contributed by atoms with E-state index in [1.165, 1.54) is 0 Å². The van der Waals surface area contributed by atoms with Gasteiger partial charge in [0.15, 0.2) is 12.1 Å². The Bertz CT molecular complexity index is 984. The summed E-state index contributed by atoms with van der Waals surface area (Å²) in [5.74, 6) is -2.74. The summed E-state index contributed by atoms with van der Waals surface area (Å²) in [6.07, 6.45) is 0. The third-order valence-corrected chi connectivity index (χ3v) is 5.44. The largest absolute Gasteiger partial charge is 0.462 e. The van der Waals surface area contributed by atoms with Crippen LogP contribution in [0.3, 0.4) is 0 Å². The number of carbonyl (C=O) groups excluding carboxylic acids is 4. The van der Waals surface area contributed by atoms with Crippen LogP contribution in [0.25, 0.3) is 0 Å². The molecule has 40 heavy (non-hydrogen) atoms. The minimum atomic E-state index is -1.10. The number of hydrogen-bond donors (Lipinski definition) is 2. The van der Waals surface area contributed by atoms with E-state index in [0.29, 0.717) is 0 Å². The summed E-state index contributed by atoms with van der Waals surface area (Å²) in [5.41, 5.74) is 1.80. The number of rotatable bonds is 8. The van der Waals surface area contributed by atoms with Crippen molar-refractivity contribution in [2.45, 2.75) is 25.3 Å². The molecule has 12 nitrogen and oxygen atoms in total. The molecule has 2 atom stereocenters. The van der Waals surface area contributed by atoms with Gasteiger partial charge in [0.05, 0.1) is 39.6 Å². The lowest BCUT2D eigenvalue weighted by atomic mass is 10.2. The van der Waals surface area contributed by atoms with Crippen LogP contribution in [0, 0.1) is 0 Å². The van der Waals surface area contributed by atoms with Gasteiger partial charge < -0.3 is 39.1 Å². The van der Waals surface area contributed by atoms with Crippen molar-refractivity contribution in [3.63, 3.8) is 0 Å². The Kier molecular flexibility index (Phi) is 13.6. The highest BCUT2D eigenvalue weighted by atomic mass is 16.6. The molecule has 1 heterocycles. The zero-order chi connectivity index (χ0) is 28.4. The molecule has 0 saturated carbocycles. The van der Waals surface area contributed by atoms with E-state index >= 15 is 0 Å². The highest BCUT2D eigenvalue weighted by Crippen LogP contribution is 2.04. The molecule has 2 aromatic carbocycles. The van der Waals surface area contributed by atoms with Gasteiger partial charge in [-0.05, 0) is 11.1 Å². The lowest BCUT2D eigenvalue weighted by Gasteiger charge is -2.20. The second-order valence-corrected chi connectivity index (χ2v) is 8.68. The van der Waals surface area contributed by atoms with Crippen LogP contribution >= 0.6 is 0 Å². The molecule has 2 amide bonds. The SMILES string of the molecule is O=C1COCC(=O)N[C@H](COCc2ccccc2)C(=O)OCCOCCOC(=O)[C@H](COCc2ccccc2)N1. The van der Waals surface area contributed by atoms with Crippen molar-refractivity contribution < 1.29 is 47.6 Å². The standard InChI is InChI=1S/C28H34N2O10/c31-25-19-38-20-26(32)30-24(18-37-16-22-9-5-2-6-10-22)28(34)40-14-12-35-11-13-39-27(33)23(29-25)17-36-15-21-7-3-1-4-8-21/h1-10,23-24H,11-20H2,(H,29,31)(H,30,32)/t23-,24+. The number of amides is 2. The minimum Gasteiger partial charge on any atom is -0.462 e. The second kappa shape index (κ2) is 17.7. The van der Waals surface area contributed by atoms with Crippen LogP contribution in [0.1, 0.15) is 11.1 Å². The first kappa shape index (κ1) is 30.7. The summed E-state index contributed by atoms with van der Waals surface area (Å²) in [7, 11) is 0. The predicted molar refractivity (Wildman–Crippen MR) is 140 cm³/mol. The lowest BCUT2D eigenvalue weighted by molar-refractivity contribution is -0.154. The Morgan fingerprint density at radius 3 is 1.45 bits per heavy atom. The summed E-state index contributed by atoms with van der Waals surface area (Å²) in [6, 6.07) is 16.5. The number of hydrogen-bond acceptors (Lipinski definition) is 10. The van der Waals surface area contributed by atoms with E-state index < -0.39 is 49.1 Å². The molecule has 1 saturated heterocycles. The molecule has 1 fully saturated rings. The Morgan fingerprint density at radius 2 is 1.02 bits per heavy atom. The minimum absolute atomic E-state index is 0.0400. The quantitative estimate of drug-likeness (QED) is 0.440. The van der Waals surface area contributed by atoms with Crippen molar-refractivity contribution in [1.82, 2.24) is 10.6 Å². The van der Waals surface area contributed by atoms with Gasteiger partial charge in [0.1, 0.15) is 26.4 Å². The van der Waals surface area contributed by atoms with Gasteiger partial charge in [0.2, 0.25) is 11.8 Å². The van der Waals surface area contributed by atoms with Crippen molar-refractivity contribution in [2.24, 2.45) is 0 Å². The highest BCUT2D eigenvalue weighted by molar-refractivity contribution is 5.86. The number of benzene rings is 2. The zero-order valence-corrected chi connectivity index (χ0v) is 22.1.